The molecule has 1 aromatic heterocycles. The summed E-state index contributed by atoms with van der Waals surface area (Å²) in [7, 11) is 1.66. The van der Waals surface area contributed by atoms with Crippen molar-refractivity contribution in [3.8, 4) is 0 Å². The minimum absolute atomic E-state index is 0.00508. The van der Waals surface area contributed by atoms with E-state index in [0.29, 0.717) is 39.1 Å². The molecule has 0 aliphatic heterocycles. The number of carbonyl (C=O) groups excluding carboxylic acids is 2. The van der Waals surface area contributed by atoms with Gasteiger partial charge in [-0.2, -0.15) is 0 Å². The molecule has 35 heavy (non-hydrogen) atoms. The van der Waals surface area contributed by atoms with Crippen molar-refractivity contribution in [3.05, 3.63) is 58.3 Å². The van der Waals surface area contributed by atoms with Gasteiger partial charge >= 0.3 is 0 Å². The third kappa shape index (κ3) is 10.6. The van der Waals surface area contributed by atoms with Crippen molar-refractivity contribution in [2.24, 2.45) is 5.41 Å². The highest BCUT2D eigenvalue weighted by atomic mass is 79.9. The van der Waals surface area contributed by atoms with Crippen molar-refractivity contribution >= 4 is 27.7 Å². The number of nitrogens with zero attached hydrogens (tertiary/aromatic N) is 3. The largest absolute Gasteiger partial charge is 0.385 e. The summed E-state index contributed by atoms with van der Waals surface area (Å²) in [6.07, 6.45) is 5.12. The van der Waals surface area contributed by atoms with Gasteiger partial charge in [0.15, 0.2) is 0 Å². The highest BCUT2D eigenvalue weighted by Crippen LogP contribution is 2.20. The molecular formula is C28H42BrN3O3. The van der Waals surface area contributed by atoms with Crippen LogP contribution in [0.5, 0.6) is 0 Å². The lowest BCUT2D eigenvalue weighted by Crippen LogP contribution is -2.44. The Kier molecular flexibility index (Phi) is 12.0. The van der Waals surface area contributed by atoms with E-state index in [1.807, 2.05) is 43.9 Å². The van der Waals surface area contributed by atoms with E-state index < -0.39 is 0 Å². The van der Waals surface area contributed by atoms with E-state index in [1.54, 1.807) is 12.0 Å². The summed E-state index contributed by atoms with van der Waals surface area (Å²) >= 11 is 3.49. The molecule has 0 N–H and O–H groups in total. The number of methoxy groups -OCH3 is 1. The van der Waals surface area contributed by atoms with Gasteiger partial charge in [-0.1, -0.05) is 62.2 Å². The van der Waals surface area contributed by atoms with Gasteiger partial charge in [0.05, 0.1) is 13.1 Å². The second-order valence-electron chi connectivity index (χ2n) is 10.3. The van der Waals surface area contributed by atoms with Gasteiger partial charge in [0, 0.05) is 56.1 Å². The number of hydrogen-bond donors (Lipinski definition) is 0. The molecule has 0 spiro atoms. The van der Waals surface area contributed by atoms with Gasteiger partial charge in [0.25, 0.3) is 0 Å². The van der Waals surface area contributed by atoms with Gasteiger partial charge in [0.2, 0.25) is 11.8 Å². The number of carbonyl (C=O) groups is 2. The predicted molar refractivity (Wildman–Crippen MR) is 145 cm³/mol. The van der Waals surface area contributed by atoms with E-state index in [0.717, 1.165) is 29.6 Å². The molecular weight excluding hydrogens is 506 g/mol. The Balaban J connectivity index is 2.14. The molecule has 7 heteroatoms. The second kappa shape index (κ2) is 14.4. The molecule has 194 valence electrons. The molecule has 0 radical (unpaired) electrons. The number of unbranched alkanes of at least 4 members (excludes halogenated alkanes) is 1. The molecule has 0 saturated carbocycles. The summed E-state index contributed by atoms with van der Waals surface area (Å²) in [6.45, 7) is 11.4. The van der Waals surface area contributed by atoms with Crippen molar-refractivity contribution in [2.45, 2.75) is 66.5 Å². The highest BCUT2D eigenvalue weighted by molar-refractivity contribution is 9.10. The average molecular weight is 549 g/mol. The first kappa shape index (κ1) is 29.1. The third-order valence-corrected chi connectivity index (χ3v) is 6.34. The maximum atomic E-state index is 13.5. The minimum atomic E-state index is -0.130. The summed E-state index contributed by atoms with van der Waals surface area (Å²) in [5.41, 5.74) is 2.16. The number of aromatic nitrogens is 1. The molecule has 0 unspecified atom stereocenters. The number of benzene rings is 1. The molecule has 1 aromatic carbocycles. The van der Waals surface area contributed by atoms with E-state index >= 15 is 0 Å². The highest BCUT2D eigenvalue weighted by Gasteiger charge is 2.25. The number of amides is 2. The van der Waals surface area contributed by atoms with Crippen LogP contribution in [0.3, 0.4) is 0 Å². The van der Waals surface area contributed by atoms with Gasteiger partial charge in [-0.25, -0.2) is 0 Å². The molecule has 0 saturated heterocycles. The number of ether oxygens (including phenoxy) is 1. The predicted octanol–water partition coefficient (Wildman–Crippen LogP) is 5.73. The Morgan fingerprint density at radius 1 is 1.00 bits per heavy atom. The van der Waals surface area contributed by atoms with Crippen LogP contribution in [-0.2, 0) is 27.4 Å². The van der Waals surface area contributed by atoms with E-state index in [9.17, 15) is 9.59 Å². The molecule has 2 amide bonds. The summed E-state index contributed by atoms with van der Waals surface area (Å²) < 4.78 is 8.43. The van der Waals surface area contributed by atoms with Crippen LogP contribution in [0.4, 0.5) is 0 Å². The second-order valence-corrected chi connectivity index (χ2v) is 11.2. The fourth-order valence-electron chi connectivity index (χ4n) is 3.89. The zero-order valence-corrected chi connectivity index (χ0v) is 23.6. The minimum Gasteiger partial charge on any atom is -0.385 e. The van der Waals surface area contributed by atoms with E-state index in [4.69, 9.17) is 4.74 Å². The summed E-state index contributed by atoms with van der Waals surface area (Å²) in [5.74, 6) is 0.0190. The average Bonchev–Trinajstić information content (AvgIpc) is 3.22. The molecule has 2 rings (SSSR count). The van der Waals surface area contributed by atoms with Crippen LogP contribution in [0.25, 0.3) is 0 Å². The molecule has 0 bridgehead atoms. The first-order valence-electron chi connectivity index (χ1n) is 12.6. The summed E-state index contributed by atoms with van der Waals surface area (Å²) in [4.78, 5) is 30.1. The Labute approximate surface area is 219 Å². The standard InChI is InChI=1S/C28H42BrN3O3/c1-6-7-15-31(21-25-10-8-16-30(25)20-23-11-13-24(29)14-12-23)27(34)22-32(17-9-18-35-5)26(33)19-28(2,3)4/h8,10-14,16H,6-7,9,15,17-22H2,1-5H3. The number of hydrogen-bond acceptors (Lipinski definition) is 3. The van der Waals surface area contributed by atoms with Crippen molar-refractivity contribution < 1.29 is 14.3 Å². The lowest BCUT2D eigenvalue weighted by molar-refractivity contribution is -0.142. The van der Waals surface area contributed by atoms with Gasteiger partial charge in [-0.15, -0.1) is 0 Å². The van der Waals surface area contributed by atoms with Gasteiger partial charge < -0.3 is 19.1 Å². The third-order valence-electron chi connectivity index (χ3n) is 5.81. The zero-order chi connectivity index (χ0) is 25.8. The Bertz CT molecular complexity index is 918. The molecule has 0 aliphatic rings. The molecule has 2 aromatic rings. The van der Waals surface area contributed by atoms with Gasteiger partial charge in [0.1, 0.15) is 0 Å². The normalized spacial score (nSPS) is 11.5. The Morgan fingerprint density at radius 2 is 1.69 bits per heavy atom. The monoisotopic (exact) mass is 547 g/mol. The molecule has 0 fully saturated rings. The fraction of sp³-hybridized carbons (Fsp3) is 0.571. The Morgan fingerprint density at radius 3 is 2.31 bits per heavy atom. The van der Waals surface area contributed by atoms with Crippen LogP contribution >= 0.6 is 15.9 Å². The van der Waals surface area contributed by atoms with Gasteiger partial charge in [-0.05, 0) is 48.1 Å². The topological polar surface area (TPSA) is 54.8 Å². The van der Waals surface area contributed by atoms with Crippen LogP contribution in [0.15, 0.2) is 47.1 Å². The molecule has 0 aliphatic carbocycles. The SMILES string of the molecule is CCCCN(Cc1cccn1Cc1ccc(Br)cc1)C(=O)CN(CCCOC)C(=O)CC(C)(C)C. The molecule has 0 atom stereocenters. The first-order chi connectivity index (χ1) is 16.6. The zero-order valence-electron chi connectivity index (χ0n) is 22.1. The number of rotatable bonds is 14. The van der Waals surface area contributed by atoms with E-state index in [-0.39, 0.29) is 23.8 Å². The lowest BCUT2D eigenvalue weighted by atomic mass is 9.91. The maximum absolute atomic E-state index is 13.5. The quantitative estimate of drug-likeness (QED) is 0.284. The van der Waals surface area contributed by atoms with Crippen molar-refractivity contribution in [1.29, 1.82) is 0 Å². The van der Waals surface area contributed by atoms with E-state index in [2.05, 4.69) is 51.8 Å². The molecule has 1 heterocycles. The van der Waals surface area contributed by atoms with E-state index in [1.165, 1.54) is 5.56 Å². The summed E-state index contributed by atoms with van der Waals surface area (Å²) in [6, 6.07) is 12.4. The summed E-state index contributed by atoms with van der Waals surface area (Å²) in [5, 5.41) is 0. The molecule has 6 nitrogen and oxygen atoms in total. The lowest BCUT2D eigenvalue weighted by Gasteiger charge is -2.30. The van der Waals surface area contributed by atoms with Crippen LogP contribution in [0.1, 0.15) is 64.6 Å². The van der Waals surface area contributed by atoms with Crippen LogP contribution < -0.4 is 0 Å². The smallest absolute Gasteiger partial charge is 0.242 e. The van der Waals surface area contributed by atoms with Crippen molar-refractivity contribution in [1.82, 2.24) is 14.4 Å². The van der Waals surface area contributed by atoms with Crippen molar-refractivity contribution in [3.63, 3.8) is 0 Å². The van der Waals surface area contributed by atoms with Crippen LogP contribution in [0, 0.1) is 5.41 Å². The van der Waals surface area contributed by atoms with Crippen molar-refractivity contribution in [2.75, 3.05) is 33.4 Å². The van der Waals surface area contributed by atoms with Gasteiger partial charge in [-0.3, -0.25) is 9.59 Å². The van der Waals surface area contributed by atoms with Crippen LogP contribution in [0.2, 0.25) is 0 Å². The maximum Gasteiger partial charge on any atom is 0.242 e. The first-order valence-corrected chi connectivity index (χ1v) is 13.3. The fourth-order valence-corrected chi connectivity index (χ4v) is 4.15. The number of halogens is 1. The van der Waals surface area contributed by atoms with Crippen LogP contribution in [-0.4, -0.2) is 59.5 Å². The Hall–Kier alpha value is -2.12.